The van der Waals surface area contributed by atoms with Gasteiger partial charge in [0.2, 0.25) is 16.1 Å². The number of rotatable bonds is 5. The lowest BCUT2D eigenvalue weighted by atomic mass is 10.0. The molecule has 0 unspecified atom stereocenters. The summed E-state index contributed by atoms with van der Waals surface area (Å²) in [7, 11) is -2.47. The number of para-hydroxylation sites is 2. The Bertz CT molecular complexity index is 1100. The van der Waals surface area contributed by atoms with E-state index >= 15 is 0 Å². The molecule has 2 aromatic carbocycles. The lowest BCUT2D eigenvalue weighted by molar-refractivity contribution is -0.146. The summed E-state index contributed by atoms with van der Waals surface area (Å²) in [5.41, 5.74) is 0.433. The van der Waals surface area contributed by atoms with Crippen LogP contribution in [0.3, 0.4) is 0 Å². The fraction of sp³-hybridized carbons (Fsp3) is 0.364. The number of esters is 1. The van der Waals surface area contributed by atoms with Gasteiger partial charge in [-0.05, 0) is 49.2 Å². The second kappa shape index (κ2) is 9.17. The first kappa shape index (κ1) is 22.1. The molecule has 1 fully saturated rings. The van der Waals surface area contributed by atoms with Crippen molar-refractivity contribution < 1.29 is 32.2 Å². The highest BCUT2D eigenvalue weighted by Gasteiger charge is 2.34. The van der Waals surface area contributed by atoms with Gasteiger partial charge in [0.05, 0.1) is 17.9 Å². The minimum absolute atomic E-state index is 0.0750. The highest BCUT2D eigenvalue weighted by molar-refractivity contribution is 7.89. The topological polar surface area (TPSA) is 111 Å². The first-order valence-electron chi connectivity index (χ1n) is 10.3. The number of piperidine rings is 1. The van der Waals surface area contributed by atoms with Crippen molar-refractivity contribution in [2.24, 2.45) is 5.92 Å². The molecule has 1 N–H and O–H groups in total. The van der Waals surface area contributed by atoms with E-state index in [1.165, 1.54) is 35.7 Å². The maximum absolute atomic E-state index is 13.0. The number of nitrogens with one attached hydrogen (secondary N) is 1. The van der Waals surface area contributed by atoms with E-state index in [1.54, 1.807) is 18.2 Å². The van der Waals surface area contributed by atoms with Crippen LogP contribution in [0, 0.1) is 5.92 Å². The second-order valence-electron chi connectivity index (χ2n) is 7.60. The summed E-state index contributed by atoms with van der Waals surface area (Å²) in [6.07, 6.45) is 0.359. The number of ether oxygens (including phenoxy) is 3. The summed E-state index contributed by atoms with van der Waals surface area (Å²) < 4.78 is 43.3. The van der Waals surface area contributed by atoms with Gasteiger partial charge >= 0.3 is 5.97 Å². The Labute approximate surface area is 186 Å². The van der Waals surface area contributed by atoms with Gasteiger partial charge in [-0.3, -0.25) is 9.59 Å². The van der Waals surface area contributed by atoms with Crippen LogP contribution in [0.4, 0.5) is 5.69 Å². The lowest BCUT2D eigenvalue weighted by Gasteiger charge is -2.30. The molecule has 0 aliphatic carbocycles. The van der Waals surface area contributed by atoms with Crippen LogP contribution in [-0.2, 0) is 24.3 Å². The van der Waals surface area contributed by atoms with Gasteiger partial charge in [0.25, 0.3) is 5.91 Å². The third-order valence-corrected chi connectivity index (χ3v) is 7.36. The Balaban J connectivity index is 1.40. The van der Waals surface area contributed by atoms with E-state index in [-0.39, 0.29) is 18.0 Å². The van der Waals surface area contributed by atoms with Crippen LogP contribution in [0.15, 0.2) is 53.4 Å². The number of fused-ring (bicyclic) bond motifs is 1. The smallest absolute Gasteiger partial charge is 0.309 e. The van der Waals surface area contributed by atoms with Gasteiger partial charge in [0.1, 0.15) is 6.61 Å². The summed E-state index contributed by atoms with van der Waals surface area (Å²) >= 11 is 0. The van der Waals surface area contributed by atoms with E-state index in [2.05, 4.69) is 5.32 Å². The fourth-order valence-corrected chi connectivity index (χ4v) is 5.27. The third kappa shape index (κ3) is 4.56. The molecule has 32 heavy (non-hydrogen) atoms. The minimum Gasteiger partial charge on any atom is -0.485 e. The van der Waals surface area contributed by atoms with Crippen molar-refractivity contribution >= 4 is 27.6 Å². The molecule has 0 bridgehead atoms. The molecule has 2 aliphatic heterocycles. The number of methoxy groups -OCH3 is 1. The van der Waals surface area contributed by atoms with Gasteiger partial charge in [-0.2, -0.15) is 4.31 Å². The highest BCUT2D eigenvalue weighted by atomic mass is 32.2. The zero-order chi connectivity index (χ0) is 22.7. The number of hydrogen-bond donors (Lipinski definition) is 1. The Morgan fingerprint density at radius 3 is 2.53 bits per heavy atom. The molecule has 1 amide bonds. The zero-order valence-electron chi connectivity index (χ0n) is 17.5. The fourth-order valence-electron chi connectivity index (χ4n) is 3.75. The molecule has 10 heteroatoms. The number of carbonyl (C=O) groups excluding carboxylic acids is 2. The molecule has 4 rings (SSSR count). The van der Waals surface area contributed by atoms with Crippen LogP contribution in [0.25, 0.3) is 0 Å². The molecule has 2 aliphatic rings. The number of carbonyl (C=O) groups is 2. The number of sulfonamides is 1. The molecule has 2 atom stereocenters. The molecule has 2 aromatic rings. The highest BCUT2D eigenvalue weighted by Crippen LogP contribution is 2.31. The van der Waals surface area contributed by atoms with Gasteiger partial charge < -0.3 is 19.5 Å². The standard InChI is InChI=1S/C22H24N2O7S/c1-29-22(26)15-5-4-12-24(13-15)32(27,28)17-10-8-16(9-11-17)23-21(25)20-14-30-18-6-2-3-7-19(18)31-20/h2-3,6-11,15,20H,4-5,12-14H2,1H3,(H,23,25)/t15-,20-/m1/s1. The number of nitrogens with zero attached hydrogens (tertiary/aromatic N) is 1. The number of amides is 1. The van der Waals surface area contributed by atoms with Crippen molar-refractivity contribution in [2.45, 2.75) is 23.8 Å². The third-order valence-electron chi connectivity index (χ3n) is 5.48. The van der Waals surface area contributed by atoms with E-state index in [1.807, 2.05) is 6.07 Å². The van der Waals surface area contributed by atoms with Crippen molar-refractivity contribution in [2.75, 3.05) is 32.1 Å². The Morgan fingerprint density at radius 1 is 1.09 bits per heavy atom. The zero-order valence-corrected chi connectivity index (χ0v) is 18.3. The molecule has 0 aromatic heterocycles. The van der Waals surface area contributed by atoms with Crippen LogP contribution < -0.4 is 14.8 Å². The maximum atomic E-state index is 13.0. The summed E-state index contributed by atoms with van der Waals surface area (Å²) in [6, 6.07) is 13.0. The molecule has 1 saturated heterocycles. The summed E-state index contributed by atoms with van der Waals surface area (Å²) in [5, 5.41) is 2.72. The first-order chi connectivity index (χ1) is 15.4. The largest absolute Gasteiger partial charge is 0.485 e. The van der Waals surface area contributed by atoms with E-state index in [0.29, 0.717) is 36.6 Å². The first-order valence-corrected chi connectivity index (χ1v) is 11.7. The summed E-state index contributed by atoms with van der Waals surface area (Å²) in [6.45, 7) is 0.508. The molecule has 9 nitrogen and oxygen atoms in total. The predicted octanol–water partition coefficient (Wildman–Crippen LogP) is 2.04. The Morgan fingerprint density at radius 2 is 1.81 bits per heavy atom. The molecular formula is C22H24N2O7S. The molecule has 0 radical (unpaired) electrons. The van der Waals surface area contributed by atoms with Gasteiger partial charge in [-0.1, -0.05) is 12.1 Å². The number of benzene rings is 2. The summed E-state index contributed by atoms with van der Waals surface area (Å²) in [4.78, 5) is 24.5. The maximum Gasteiger partial charge on any atom is 0.309 e. The van der Waals surface area contributed by atoms with Crippen molar-refractivity contribution in [3.05, 3.63) is 48.5 Å². The van der Waals surface area contributed by atoms with Crippen LogP contribution >= 0.6 is 0 Å². The van der Waals surface area contributed by atoms with Crippen LogP contribution in [0.5, 0.6) is 11.5 Å². The molecular weight excluding hydrogens is 436 g/mol. The van der Waals surface area contributed by atoms with Crippen molar-refractivity contribution in [1.29, 1.82) is 0 Å². The number of hydrogen-bond acceptors (Lipinski definition) is 7. The van der Waals surface area contributed by atoms with E-state index in [9.17, 15) is 18.0 Å². The average Bonchev–Trinajstić information content (AvgIpc) is 2.83. The average molecular weight is 461 g/mol. The monoisotopic (exact) mass is 460 g/mol. The second-order valence-corrected chi connectivity index (χ2v) is 9.54. The van der Waals surface area contributed by atoms with Crippen LogP contribution in [-0.4, -0.2) is 57.5 Å². The minimum atomic E-state index is -3.77. The Hall–Kier alpha value is -3.11. The summed E-state index contributed by atoms with van der Waals surface area (Å²) in [5.74, 6) is -0.193. The van der Waals surface area contributed by atoms with Gasteiger partial charge in [0.15, 0.2) is 11.5 Å². The van der Waals surface area contributed by atoms with E-state index < -0.39 is 33.9 Å². The van der Waals surface area contributed by atoms with Crippen molar-refractivity contribution in [3.63, 3.8) is 0 Å². The van der Waals surface area contributed by atoms with Crippen molar-refractivity contribution in [1.82, 2.24) is 4.31 Å². The van der Waals surface area contributed by atoms with Crippen LogP contribution in [0.2, 0.25) is 0 Å². The van der Waals surface area contributed by atoms with Crippen LogP contribution in [0.1, 0.15) is 12.8 Å². The molecule has 0 spiro atoms. The molecule has 0 saturated carbocycles. The molecule has 2 heterocycles. The van der Waals surface area contributed by atoms with Crippen molar-refractivity contribution in [3.8, 4) is 11.5 Å². The quantitative estimate of drug-likeness (QED) is 0.680. The number of anilines is 1. The lowest BCUT2D eigenvalue weighted by Crippen LogP contribution is -2.42. The van der Waals surface area contributed by atoms with E-state index in [0.717, 1.165) is 0 Å². The predicted molar refractivity (Wildman–Crippen MR) is 115 cm³/mol. The van der Waals surface area contributed by atoms with Gasteiger partial charge in [-0.15, -0.1) is 0 Å². The van der Waals surface area contributed by atoms with Gasteiger partial charge in [0, 0.05) is 18.8 Å². The SMILES string of the molecule is COC(=O)[C@@H]1CCCN(S(=O)(=O)c2ccc(NC(=O)[C@H]3COc4ccccc4O3)cc2)C1. The normalized spacial score (nSPS) is 20.9. The molecule has 170 valence electrons. The Kier molecular flexibility index (Phi) is 6.33. The van der Waals surface area contributed by atoms with Gasteiger partial charge in [-0.25, -0.2) is 8.42 Å². The van der Waals surface area contributed by atoms with E-state index in [4.69, 9.17) is 14.2 Å².